The highest BCUT2D eigenvalue weighted by atomic mass is 16.5. The van der Waals surface area contributed by atoms with Gasteiger partial charge in [0, 0.05) is 13.2 Å². The molecule has 0 aromatic rings. The number of ether oxygens (including phenoxy) is 1. The monoisotopic (exact) mass is 171 g/mol. The first-order chi connectivity index (χ1) is 5.74. The van der Waals surface area contributed by atoms with Crippen LogP contribution in [0.2, 0.25) is 0 Å². The van der Waals surface area contributed by atoms with Gasteiger partial charge in [0.15, 0.2) is 0 Å². The van der Waals surface area contributed by atoms with Crippen LogP contribution in [0.4, 0.5) is 0 Å². The van der Waals surface area contributed by atoms with Gasteiger partial charge in [0.05, 0.1) is 0 Å². The van der Waals surface area contributed by atoms with E-state index in [1.54, 1.807) is 0 Å². The van der Waals surface area contributed by atoms with E-state index in [4.69, 9.17) is 10.5 Å². The van der Waals surface area contributed by atoms with Crippen LogP contribution in [-0.2, 0) is 4.74 Å². The second-order valence-electron chi connectivity index (χ2n) is 4.25. The predicted octanol–water partition coefficient (Wildman–Crippen LogP) is 1.64. The van der Waals surface area contributed by atoms with Crippen LogP contribution in [0, 0.1) is 17.8 Å². The molecule has 0 aliphatic carbocycles. The molecule has 0 saturated carbocycles. The van der Waals surface area contributed by atoms with Gasteiger partial charge in [-0.05, 0) is 37.1 Å². The Labute approximate surface area is 75.5 Å². The maximum atomic E-state index is 5.71. The van der Waals surface area contributed by atoms with Gasteiger partial charge < -0.3 is 10.5 Å². The Kier molecular flexibility index (Phi) is 4.02. The highest BCUT2D eigenvalue weighted by Crippen LogP contribution is 2.26. The quantitative estimate of drug-likeness (QED) is 0.700. The molecule has 1 rings (SSSR count). The molecule has 2 unspecified atom stereocenters. The van der Waals surface area contributed by atoms with E-state index in [9.17, 15) is 0 Å². The number of hydrogen-bond acceptors (Lipinski definition) is 2. The van der Waals surface area contributed by atoms with Crippen molar-refractivity contribution in [3.8, 4) is 0 Å². The van der Waals surface area contributed by atoms with Gasteiger partial charge in [-0.2, -0.15) is 0 Å². The third kappa shape index (κ3) is 2.76. The molecular formula is C10H21NO. The molecular weight excluding hydrogens is 150 g/mol. The van der Waals surface area contributed by atoms with Crippen molar-refractivity contribution in [3.05, 3.63) is 0 Å². The van der Waals surface area contributed by atoms with E-state index in [1.807, 2.05) is 0 Å². The van der Waals surface area contributed by atoms with Crippen molar-refractivity contribution in [2.24, 2.45) is 23.5 Å². The topological polar surface area (TPSA) is 35.2 Å². The van der Waals surface area contributed by atoms with E-state index < -0.39 is 0 Å². The lowest BCUT2D eigenvalue weighted by molar-refractivity contribution is 0.0115. The zero-order valence-electron chi connectivity index (χ0n) is 8.25. The predicted molar refractivity (Wildman–Crippen MR) is 50.9 cm³/mol. The molecule has 2 heteroatoms. The van der Waals surface area contributed by atoms with Crippen LogP contribution < -0.4 is 5.73 Å². The van der Waals surface area contributed by atoms with Crippen LogP contribution in [0.15, 0.2) is 0 Å². The third-order valence-electron chi connectivity index (χ3n) is 2.71. The minimum absolute atomic E-state index is 0.709. The lowest BCUT2D eigenvalue weighted by atomic mass is 9.83. The van der Waals surface area contributed by atoms with Crippen molar-refractivity contribution in [1.29, 1.82) is 0 Å². The highest BCUT2D eigenvalue weighted by Gasteiger charge is 2.24. The van der Waals surface area contributed by atoms with Gasteiger partial charge in [-0.15, -0.1) is 0 Å². The van der Waals surface area contributed by atoms with Crippen LogP contribution in [0.1, 0.15) is 26.7 Å². The molecule has 2 nitrogen and oxygen atoms in total. The molecule has 0 aromatic heterocycles. The van der Waals surface area contributed by atoms with E-state index in [0.717, 1.165) is 32.1 Å². The Morgan fingerprint density at radius 1 is 1.42 bits per heavy atom. The smallest absolute Gasteiger partial charge is 0.0497 e. The number of nitrogens with two attached hydrogens (primary N) is 1. The Morgan fingerprint density at radius 2 is 2.17 bits per heavy atom. The summed E-state index contributed by atoms with van der Waals surface area (Å²) in [5, 5.41) is 0. The van der Waals surface area contributed by atoms with Crippen molar-refractivity contribution in [1.82, 2.24) is 0 Å². The van der Waals surface area contributed by atoms with Crippen molar-refractivity contribution in [2.45, 2.75) is 26.7 Å². The van der Waals surface area contributed by atoms with E-state index in [1.165, 1.54) is 6.42 Å². The molecule has 0 spiro atoms. The Bertz CT molecular complexity index is 125. The molecule has 0 bridgehead atoms. The molecule has 0 aromatic carbocycles. The fraction of sp³-hybridized carbons (Fsp3) is 1.00. The van der Waals surface area contributed by atoms with Crippen LogP contribution >= 0.6 is 0 Å². The largest absolute Gasteiger partial charge is 0.381 e. The summed E-state index contributed by atoms with van der Waals surface area (Å²) in [7, 11) is 0. The standard InChI is InChI=1S/C10H21NO/c1-8(2)5-10-7-12-4-3-9(10)6-11/h8-10H,3-7,11H2,1-2H3. The fourth-order valence-corrected chi connectivity index (χ4v) is 2.02. The summed E-state index contributed by atoms with van der Waals surface area (Å²) >= 11 is 0. The third-order valence-corrected chi connectivity index (χ3v) is 2.71. The summed E-state index contributed by atoms with van der Waals surface area (Å²) in [5.41, 5.74) is 5.71. The van der Waals surface area contributed by atoms with Gasteiger partial charge >= 0.3 is 0 Å². The fourth-order valence-electron chi connectivity index (χ4n) is 2.02. The lowest BCUT2D eigenvalue weighted by Gasteiger charge is -2.31. The average molecular weight is 171 g/mol. The van der Waals surface area contributed by atoms with Crippen LogP contribution in [-0.4, -0.2) is 19.8 Å². The molecule has 12 heavy (non-hydrogen) atoms. The van der Waals surface area contributed by atoms with Crippen molar-refractivity contribution in [2.75, 3.05) is 19.8 Å². The number of rotatable bonds is 3. The molecule has 2 atom stereocenters. The first-order valence-corrected chi connectivity index (χ1v) is 5.01. The van der Waals surface area contributed by atoms with E-state index in [-0.39, 0.29) is 0 Å². The molecule has 1 aliphatic heterocycles. The summed E-state index contributed by atoms with van der Waals surface area (Å²) in [4.78, 5) is 0. The average Bonchev–Trinajstić information content (AvgIpc) is 2.04. The first-order valence-electron chi connectivity index (χ1n) is 5.01. The second-order valence-corrected chi connectivity index (χ2v) is 4.25. The lowest BCUT2D eigenvalue weighted by Crippen LogP contribution is -2.33. The molecule has 1 fully saturated rings. The zero-order valence-corrected chi connectivity index (χ0v) is 8.25. The Hall–Kier alpha value is -0.0800. The summed E-state index contributed by atoms with van der Waals surface area (Å²) in [5.74, 6) is 2.19. The Morgan fingerprint density at radius 3 is 2.75 bits per heavy atom. The van der Waals surface area contributed by atoms with Crippen molar-refractivity contribution in [3.63, 3.8) is 0 Å². The van der Waals surface area contributed by atoms with E-state index >= 15 is 0 Å². The molecule has 1 saturated heterocycles. The van der Waals surface area contributed by atoms with Gasteiger partial charge in [0.1, 0.15) is 0 Å². The van der Waals surface area contributed by atoms with E-state index in [2.05, 4.69) is 13.8 Å². The summed E-state index contributed by atoms with van der Waals surface area (Å²) < 4.78 is 5.46. The first kappa shape index (κ1) is 10.0. The van der Waals surface area contributed by atoms with E-state index in [0.29, 0.717) is 11.8 Å². The normalized spacial score (nSPS) is 31.0. The van der Waals surface area contributed by atoms with Crippen LogP contribution in [0.25, 0.3) is 0 Å². The van der Waals surface area contributed by atoms with Gasteiger partial charge in [0.2, 0.25) is 0 Å². The molecule has 2 N–H and O–H groups in total. The number of hydrogen-bond donors (Lipinski definition) is 1. The molecule has 1 aliphatic rings. The van der Waals surface area contributed by atoms with Gasteiger partial charge in [0.25, 0.3) is 0 Å². The molecule has 0 amide bonds. The second kappa shape index (κ2) is 4.83. The molecule has 72 valence electrons. The minimum atomic E-state index is 0.709. The Balaban J connectivity index is 2.36. The van der Waals surface area contributed by atoms with Crippen molar-refractivity contribution >= 4 is 0 Å². The van der Waals surface area contributed by atoms with Gasteiger partial charge in [-0.25, -0.2) is 0 Å². The summed E-state index contributed by atoms with van der Waals surface area (Å²) in [6, 6.07) is 0. The maximum Gasteiger partial charge on any atom is 0.0497 e. The van der Waals surface area contributed by atoms with Gasteiger partial charge in [-0.3, -0.25) is 0 Å². The highest BCUT2D eigenvalue weighted by molar-refractivity contribution is 4.75. The van der Waals surface area contributed by atoms with Crippen molar-refractivity contribution < 1.29 is 4.74 Å². The SMILES string of the molecule is CC(C)CC1COCCC1CN. The van der Waals surface area contributed by atoms with Crippen LogP contribution in [0.3, 0.4) is 0 Å². The van der Waals surface area contributed by atoms with Gasteiger partial charge in [-0.1, -0.05) is 13.8 Å². The van der Waals surface area contributed by atoms with Crippen LogP contribution in [0.5, 0.6) is 0 Å². The minimum Gasteiger partial charge on any atom is -0.381 e. The summed E-state index contributed by atoms with van der Waals surface area (Å²) in [6.07, 6.45) is 2.43. The maximum absolute atomic E-state index is 5.71. The molecule has 1 heterocycles. The summed E-state index contributed by atoms with van der Waals surface area (Å²) in [6.45, 7) is 7.21. The zero-order chi connectivity index (χ0) is 8.97. The molecule has 0 radical (unpaired) electrons.